The Bertz CT molecular complexity index is 245. The highest BCUT2D eigenvalue weighted by Gasteiger charge is 2.44. The lowest BCUT2D eigenvalue weighted by molar-refractivity contribution is -0.256. The van der Waals surface area contributed by atoms with Crippen molar-refractivity contribution in [1.29, 1.82) is 0 Å². The molecule has 1 fully saturated rings. The van der Waals surface area contributed by atoms with Crippen LogP contribution in [0.1, 0.15) is 20.3 Å². The van der Waals surface area contributed by atoms with Gasteiger partial charge in [-0.2, -0.15) is 0 Å². The Hall–Kier alpha value is -0.690. The fourth-order valence-corrected chi connectivity index (χ4v) is 1.86. The van der Waals surface area contributed by atoms with E-state index in [1.165, 1.54) is 14.0 Å². The van der Waals surface area contributed by atoms with Gasteiger partial charge in [-0.3, -0.25) is 4.79 Å². The molecule has 1 rings (SSSR count). The number of methoxy groups -OCH3 is 1. The lowest BCUT2D eigenvalue weighted by atomic mass is 9.95. The molecule has 1 aliphatic rings. The molecule has 0 aromatic carbocycles. The summed E-state index contributed by atoms with van der Waals surface area (Å²) in [6.07, 6.45) is -2.77. The lowest BCUT2D eigenvalue weighted by Crippen LogP contribution is -2.63. The molecule has 0 aliphatic carbocycles. The molecule has 6 nitrogen and oxygen atoms in total. The number of amides is 1. The summed E-state index contributed by atoms with van der Waals surface area (Å²) in [4.78, 5) is 11.0. The zero-order chi connectivity index (χ0) is 12.3. The van der Waals surface area contributed by atoms with Gasteiger partial charge in [-0.25, -0.2) is 0 Å². The van der Waals surface area contributed by atoms with Crippen LogP contribution in [-0.2, 0) is 14.3 Å². The summed E-state index contributed by atoms with van der Waals surface area (Å²) in [5.41, 5.74) is 0. The number of hydrogen-bond acceptors (Lipinski definition) is 5. The lowest BCUT2D eigenvalue weighted by Gasteiger charge is -2.42. The van der Waals surface area contributed by atoms with Crippen molar-refractivity contribution in [2.45, 2.75) is 50.9 Å². The maximum absolute atomic E-state index is 11.0. The van der Waals surface area contributed by atoms with Crippen LogP contribution in [0.3, 0.4) is 0 Å². The van der Waals surface area contributed by atoms with Crippen LogP contribution in [0.4, 0.5) is 0 Å². The molecule has 94 valence electrons. The molecular formula is C10H19NO5. The average molecular weight is 233 g/mol. The highest BCUT2D eigenvalue weighted by Crippen LogP contribution is 2.23. The van der Waals surface area contributed by atoms with Gasteiger partial charge in [-0.05, 0) is 6.42 Å². The van der Waals surface area contributed by atoms with Crippen molar-refractivity contribution in [2.75, 3.05) is 7.11 Å². The Kier molecular flexibility index (Phi) is 4.67. The van der Waals surface area contributed by atoms with E-state index in [0.717, 1.165) is 0 Å². The second kappa shape index (κ2) is 5.58. The van der Waals surface area contributed by atoms with E-state index in [2.05, 4.69) is 5.32 Å². The third-order valence-corrected chi connectivity index (χ3v) is 2.71. The molecule has 16 heavy (non-hydrogen) atoms. The largest absolute Gasteiger partial charge is 0.388 e. The predicted octanol–water partition coefficient (Wildman–Crippen LogP) is -1.01. The van der Waals surface area contributed by atoms with Crippen molar-refractivity contribution in [3.8, 4) is 0 Å². The van der Waals surface area contributed by atoms with E-state index >= 15 is 0 Å². The minimum Gasteiger partial charge on any atom is -0.388 e. The van der Waals surface area contributed by atoms with Crippen molar-refractivity contribution < 1.29 is 24.5 Å². The van der Waals surface area contributed by atoms with Gasteiger partial charge in [0, 0.05) is 14.0 Å². The van der Waals surface area contributed by atoms with Crippen LogP contribution in [0, 0.1) is 0 Å². The summed E-state index contributed by atoms with van der Waals surface area (Å²) in [6, 6.07) is -0.750. The summed E-state index contributed by atoms with van der Waals surface area (Å²) in [7, 11) is 1.43. The van der Waals surface area contributed by atoms with E-state index in [0.29, 0.717) is 6.42 Å². The minimum absolute atomic E-state index is 0.308. The fourth-order valence-electron chi connectivity index (χ4n) is 1.86. The SMILES string of the molecule is CCC1OC(OC)C(NC(C)=O)C(O)C1O. The summed E-state index contributed by atoms with van der Waals surface area (Å²) in [5.74, 6) is -0.308. The molecule has 5 atom stereocenters. The van der Waals surface area contributed by atoms with Crippen molar-refractivity contribution in [2.24, 2.45) is 0 Å². The zero-order valence-electron chi connectivity index (χ0n) is 9.71. The monoisotopic (exact) mass is 233 g/mol. The van der Waals surface area contributed by atoms with Crippen LogP contribution in [0.2, 0.25) is 0 Å². The first-order chi connectivity index (χ1) is 7.51. The first-order valence-corrected chi connectivity index (χ1v) is 5.32. The number of rotatable bonds is 3. The third kappa shape index (κ3) is 2.70. The molecule has 3 N–H and O–H groups in total. The highest BCUT2D eigenvalue weighted by atomic mass is 16.7. The normalized spacial score (nSPS) is 39.4. The average Bonchev–Trinajstić information content (AvgIpc) is 2.25. The molecular weight excluding hydrogens is 214 g/mol. The van der Waals surface area contributed by atoms with Gasteiger partial charge in [0.15, 0.2) is 6.29 Å². The van der Waals surface area contributed by atoms with Crippen LogP contribution >= 0.6 is 0 Å². The number of carbonyl (C=O) groups is 1. The maximum atomic E-state index is 11.0. The Balaban J connectivity index is 2.77. The molecule has 0 spiro atoms. The number of carbonyl (C=O) groups excluding carboxylic acids is 1. The van der Waals surface area contributed by atoms with Crippen LogP contribution in [0.25, 0.3) is 0 Å². The number of hydrogen-bond donors (Lipinski definition) is 3. The van der Waals surface area contributed by atoms with Crippen molar-refractivity contribution in [3.63, 3.8) is 0 Å². The van der Waals surface area contributed by atoms with Crippen LogP contribution in [0.5, 0.6) is 0 Å². The molecule has 0 bridgehead atoms. The number of ether oxygens (including phenoxy) is 2. The summed E-state index contributed by atoms with van der Waals surface area (Å²) < 4.78 is 10.5. The van der Waals surface area contributed by atoms with Gasteiger partial charge in [-0.15, -0.1) is 0 Å². The van der Waals surface area contributed by atoms with Gasteiger partial charge in [0.25, 0.3) is 0 Å². The third-order valence-electron chi connectivity index (χ3n) is 2.71. The fraction of sp³-hybridized carbons (Fsp3) is 0.900. The van der Waals surface area contributed by atoms with Crippen molar-refractivity contribution in [1.82, 2.24) is 5.32 Å². The van der Waals surface area contributed by atoms with Crippen LogP contribution in [-0.4, -0.2) is 53.9 Å². The molecule has 1 aliphatic heterocycles. The molecule has 1 saturated heterocycles. The van der Waals surface area contributed by atoms with E-state index in [1.807, 2.05) is 6.92 Å². The Morgan fingerprint density at radius 3 is 2.50 bits per heavy atom. The Labute approximate surface area is 94.5 Å². The van der Waals surface area contributed by atoms with Gasteiger partial charge >= 0.3 is 0 Å². The quantitative estimate of drug-likeness (QED) is 0.581. The molecule has 6 heteroatoms. The summed E-state index contributed by atoms with van der Waals surface area (Å²) >= 11 is 0. The Morgan fingerprint density at radius 1 is 1.44 bits per heavy atom. The zero-order valence-corrected chi connectivity index (χ0v) is 9.71. The number of aliphatic hydroxyl groups excluding tert-OH is 2. The summed E-state index contributed by atoms with van der Waals surface area (Å²) in [6.45, 7) is 3.17. The standard InChI is InChI=1S/C10H19NO5/c1-4-6-8(13)9(14)7(11-5(2)12)10(15-3)16-6/h6-10,13-14H,4H2,1-3H3,(H,11,12). The topological polar surface area (TPSA) is 88.0 Å². The molecule has 0 radical (unpaired) electrons. The van der Waals surface area contributed by atoms with Gasteiger partial charge in [0.1, 0.15) is 18.2 Å². The van der Waals surface area contributed by atoms with E-state index in [-0.39, 0.29) is 5.91 Å². The molecule has 1 amide bonds. The minimum atomic E-state index is -1.09. The molecule has 0 saturated carbocycles. The van der Waals surface area contributed by atoms with E-state index in [1.54, 1.807) is 0 Å². The van der Waals surface area contributed by atoms with Crippen molar-refractivity contribution >= 4 is 5.91 Å². The molecule has 0 aromatic heterocycles. The van der Waals surface area contributed by atoms with E-state index in [9.17, 15) is 15.0 Å². The second-order valence-corrected chi connectivity index (χ2v) is 3.89. The maximum Gasteiger partial charge on any atom is 0.217 e. The van der Waals surface area contributed by atoms with Gasteiger partial charge in [0.2, 0.25) is 5.91 Å². The number of nitrogens with one attached hydrogen (secondary N) is 1. The first kappa shape index (κ1) is 13.4. The molecule has 0 aromatic rings. The van der Waals surface area contributed by atoms with Crippen LogP contribution < -0.4 is 5.32 Å². The molecule has 5 unspecified atom stereocenters. The molecule has 1 heterocycles. The second-order valence-electron chi connectivity index (χ2n) is 3.89. The predicted molar refractivity (Wildman–Crippen MR) is 55.6 cm³/mol. The van der Waals surface area contributed by atoms with Crippen molar-refractivity contribution in [3.05, 3.63) is 0 Å². The first-order valence-electron chi connectivity index (χ1n) is 5.32. The van der Waals surface area contributed by atoms with Crippen LogP contribution in [0.15, 0.2) is 0 Å². The van der Waals surface area contributed by atoms with E-state index in [4.69, 9.17) is 9.47 Å². The highest BCUT2D eigenvalue weighted by molar-refractivity contribution is 5.73. The summed E-state index contributed by atoms with van der Waals surface area (Å²) in [5, 5.41) is 22.1. The smallest absolute Gasteiger partial charge is 0.217 e. The van der Waals surface area contributed by atoms with Gasteiger partial charge in [0.05, 0.1) is 6.10 Å². The number of aliphatic hydroxyl groups is 2. The van der Waals surface area contributed by atoms with Gasteiger partial charge < -0.3 is 25.0 Å². The Morgan fingerprint density at radius 2 is 2.06 bits per heavy atom. The van der Waals surface area contributed by atoms with E-state index < -0.39 is 30.6 Å². The van der Waals surface area contributed by atoms with Gasteiger partial charge in [-0.1, -0.05) is 6.92 Å².